The molecule has 1 saturated heterocycles. The molecule has 1 aromatic carbocycles. The van der Waals surface area contributed by atoms with Crippen LogP contribution in [-0.4, -0.2) is 24.1 Å². The molecule has 1 aliphatic heterocycles. The number of anilines is 1. The van der Waals surface area contributed by atoms with E-state index in [0.717, 1.165) is 30.0 Å². The van der Waals surface area contributed by atoms with E-state index in [1.54, 1.807) is 6.26 Å². The smallest absolute Gasteiger partial charge is 0.191 e. The van der Waals surface area contributed by atoms with Crippen LogP contribution in [0.2, 0.25) is 0 Å². The molecule has 2 N–H and O–H groups in total. The van der Waals surface area contributed by atoms with Gasteiger partial charge >= 0.3 is 0 Å². The molecule has 0 atom stereocenters. The Balaban J connectivity index is 1.75. The molecule has 17 heavy (non-hydrogen) atoms. The number of oxazole rings is 1. The molecular formula is C13H15N3O. The maximum Gasteiger partial charge on any atom is 0.191 e. The molecular weight excluding hydrogens is 214 g/mol. The van der Waals surface area contributed by atoms with Gasteiger partial charge in [0.1, 0.15) is 12.0 Å². The van der Waals surface area contributed by atoms with Gasteiger partial charge in [-0.3, -0.25) is 0 Å². The summed E-state index contributed by atoms with van der Waals surface area (Å²) in [7, 11) is 0. The van der Waals surface area contributed by atoms with Gasteiger partial charge in [0.15, 0.2) is 5.89 Å². The van der Waals surface area contributed by atoms with Crippen LogP contribution in [0.1, 0.15) is 5.89 Å². The molecule has 2 heterocycles. The van der Waals surface area contributed by atoms with Gasteiger partial charge in [0, 0.05) is 31.3 Å². The Hall–Kier alpha value is -1.81. The topological polar surface area (TPSA) is 50.1 Å². The summed E-state index contributed by atoms with van der Waals surface area (Å²) in [4.78, 5) is 4.30. The molecule has 0 aliphatic carbocycles. The molecule has 1 fully saturated rings. The van der Waals surface area contributed by atoms with Gasteiger partial charge in [-0.2, -0.15) is 0 Å². The minimum atomic E-state index is 0.565. The number of aryl methyl sites for hydroxylation is 1. The second-order valence-corrected chi connectivity index (χ2v) is 4.33. The van der Waals surface area contributed by atoms with Gasteiger partial charge in [0.25, 0.3) is 0 Å². The quantitative estimate of drug-likeness (QED) is 0.845. The summed E-state index contributed by atoms with van der Waals surface area (Å²) in [5.41, 5.74) is 3.12. The van der Waals surface area contributed by atoms with Crippen LogP contribution in [0.4, 0.5) is 5.69 Å². The van der Waals surface area contributed by atoms with Crippen molar-refractivity contribution >= 4 is 5.69 Å². The standard InChI is InChI=1S/C13H15N3O/c1-9-15-13(8-17-9)10-2-4-11(5-3-10)16-12-6-14-7-12/h2-5,8,12,14,16H,6-7H2,1H3. The van der Waals surface area contributed by atoms with Gasteiger partial charge in [0.2, 0.25) is 0 Å². The van der Waals surface area contributed by atoms with Crippen LogP contribution in [0.5, 0.6) is 0 Å². The third-order valence-electron chi connectivity index (χ3n) is 2.95. The predicted octanol–water partition coefficient (Wildman–Crippen LogP) is 2.03. The Morgan fingerprint density at radius 3 is 2.59 bits per heavy atom. The number of benzene rings is 1. The minimum absolute atomic E-state index is 0.565. The van der Waals surface area contributed by atoms with E-state index >= 15 is 0 Å². The van der Waals surface area contributed by atoms with E-state index in [1.165, 1.54) is 0 Å². The van der Waals surface area contributed by atoms with Crippen LogP contribution in [0.15, 0.2) is 34.9 Å². The van der Waals surface area contributed by atoms with Crippen LogP contribution < -0.4 is 10.6 Å². The molecule has 0 saturated carbocycles. The van der Waals surface area contributed by atoms with Crippen LogP contribution in [0, 0.1) is 6.92 Å². The Morgan fingerprint density at radius 1 is 1.29 bits per heavy atom. The predicted molar refractivity (Wildman–Crippen MR) is 67.0 cm³/mol. The van der Waals surface area contributed by atoms with Crippen LogP contribution in [0.25, 0.3) is 11.3 Å². The third kappa shape index (κ3) is 2.17. The van der Waals surface area contributed by atoms with Crippen molar-refractivity contribution in [2.24, 2.45) is 0 Å². The van der Waals surface area contributed by atoms with E-state index < -0.39 is 0 Å². The molecule has 0 unspecified atom stereocenters. The fourth-order valence-electron chi connectivity index (χ4n) is 1.86. The second kappa shape index (κ2) is 4.22. The molecule has 0 radical (unpaired) electrons. The Kier molecular flexibility index (Phi) is 2.57. The first-order valence-electron chi connectivity index (χ1n) is 5.81. The molecule has 1 aromatic heterocycles. The molecule has 0 amide bonds. The zero-order chi connectivity index (χ0) is 11.7. The number of hydrogen-bond donors (Lipinski definition) is 2. The summed E-state index contributed by atoms with van der Waals surface area (Å²) in [6, 6.07) is 8.85. The van der Waals surface area contributed by atoms with Gasteiger partial charge < -0.3 is 15.1 Å². The molecule has 3 rings (SSSR count). The largest absolute Gasteiger partial charge is 0.449 e. The first-order chi connectivity index (χ1) is 8.31. The highest BCUT2D eigenvalue weighted by Crippen LogP contribution is 2.21. The number of nitrogens with zero attached hydrogens (tertiary/aromatic N) is 1. The van der Waals surface area contributed by atoms with Gasteiger partial charge in [-0.25, -0.2) is 4.98 Å². The monoisotopic (exact) mass is 229 g/mol. The minimum Gasteiger partial charge on any atom is -0.449 e. The highest BCUT2D eigenvalue weighted by Gasteiger charge is 2.15. The fourth-order valence-corrected chi connectivity index (χ4v) is 1.86. The van der Waals surface area contributed by atoms with E-state index in [4.69, 9.17) is 4.42 Å². The molecule has 2 aromatic rings. The maximum absolute atomic E-state index is 5.21. The number of hydrogen-bond acceptors (Lipinski definition) is 4. The van der Waals surface area contributed by atoms with Gasteiger partial charge in [-0.15, -0.1) is 0 Å². The molecule has 0 spiro atoms. The van der Waals surface area contributed by atoms with Crippen LogP contribution in [-0.2, 0) is 0 Å². The average molecular weight is 229 g/mol. The third-order valence-corrected chi connectivity index (χ3v) is 2.95. The van der Waals surface area contributed by atoms with E-state index in [0.29, 0.717) is 11.9 Å². The fraction of sp³-hybridized carbons (Fsp3) is 0.308. The highest BCUT2D eigenvalue weighted by molar-refractivity contribution is 5.62. The summed E-state index contributed by atoms with van der Waals surface area (Å²) in [6.07, 6.45) is 1.69. The Labute approximate surface area is 100 Å². The molecule has 88 valence electrons. The lowest BCUT2D eigenvalue weighted by molar-refractivity contribution is 0.472. The lowest BCUT2D eigenvalue weighted by Crippen LogP contribution is -2.51. The van der Waals surface area contributed by atoms with Crippen molar-refractivity contribution in [2.75, 3.05) is 18.4 Å². The molecule has 4 heteroatoms. The lowest BCUT2D eigenvalue weighted by Gasteiger charge is -2.28. The van der Waals surface area contributed by atoms with E-state index in [1.807, 2.05) is 6.92 Å². The van der Waals surface area contributed by atoms with E-state index in [9.17, 15) is 0 Å². The first kappa shape index (κ1) is 10.4. The molecule has 4 nitrogen and oxygen atoms in total. The van der Waals surface area contributed by atoms with Crippen molar-refractivity contribution in [3.8, 4) is 11.3 Å². The van der Waals surface area contributed by atoms with Crippen LogP contribution in [0.3, 0.4) is 0 Å². The average Bonchev–Trinajstić information content (AvgIpc) is 2.71. The zero-order valence-corrected chi connectivity index (χ0v) is 9.73. The SMILES string of the molecule is Cc1nc(-c2ccc(NC3CNC3)cc2)co1. The molecule has 1 aliphatic rings. The second-order valence-electron chi connectivity index (χ2n) is 4.33. The summed E-state index contributed by atoms with van der Waals surface area (Å²) in [5, 5.41) is 6.69. The lowest BCUT2D eigenvalue weighted by atomic mass is 10.1. The first-order valence-corrected chi connectivity index (χ1v) is 5.81. The van der Waals surface area contributed by atoms with Crippen LogP contribution >= 0.6 is 0 Å². The Morgan fingerprint density at radius 2 is 2.06 bits per heavy atom. The van der Waals surface area contributed by atoms with Gasteiger partial charge in [-0.05, 0) is 12.1 Å². The summed E-state index contributed by atoms with van der Waals surface area (Å²) in [5.74, 6) is 0.697. The van der Waals surface area contributed by atoms with Gasteiger partial charge in [0.05, 0.1) is 6.04 Å². The number of aromatic nitrogens is 1. The van der Waals surface area contributed by atoms with Crippen molar-refractivity contribution in [1.29, 1.82) is 0 Å². The van der Waals surface area contributed by atoms with Crippen molar-refractivity contribution in [1.82, 2.24) is 10.3 Å². The van der Waals surface area contributed by atoms with Crippen molar-refractivity contribution in [3.05, 3.63) is 36.4 Å². The zero-order valence-electron chi connectivity index (χ0n) is 9.73. The van der Waals surface area contributed by atoms with Crippen molar-refractivity contribution in [2.45, 2.75) is 13.0 Å². The Bertz CT molecular complexity index is 500. The normalized spacial score (nSPS) is 15.6. The summed E-state index contributed by atoms with van der Waals surface area (Å²) in [6.45, 7) is 3.94. The number of nitrogens with one attached hydrogen (secondary N) is 2. The van der Waals surface area contributed by atoms with Gasteiger partial charge in [-0.1, -0.05) is 12.1 Å². The number of rotatable bonds is 3. The van der Waals surface area contributed by atoms with Crippen molar-refractivity contribution < 1.29 is 4.42 Å². The summed E-state index contributed by atoms with van der Waals surface area (Å²) < 4.78 is 5.21. The van der Waals surface area contributed by atoms with E-state index in [-0.39, 0.29) is 0 Å². The van der Waals surface area contributed by atoms with Crippen molar-refractivity contribution in [3.63, 3.8) is 0 Å². The maximum atomic E-state index is 5.21. The highest BCUT2D eigenvalue weighted by atomic mass is 16.3. The van der Waals surface area contributed by atoms with E-state index in [2.05, 4.69) is 39.9 Å². The summed E-state index contributed by atoms with van der Waals surface area (Å²) >= 11 is 0. The molecule has 0 bridgehead atoms.